The van der Waals surface area contributed by atoms with Crippen LogP contribution in [0.2, 0.25) is 0 Å². The highest BCUT2D eigenvalue weighted by molar-refractivity contribution is 5.78. The number of nitrogens with zero attached hydrogens (tertiary/aromatic N) is 1. The van der Waals surface area contributed by atoms with Gasteiger partial charge in [-0.1, -0.05) is 19.8 Å². The summed E-state index contributed by atoms with van der Waals surface area (Å²) >= 11 is 0. The van der Waals surface area contributed by atoms with Gasteiger partial charge in [-0.15, -0.1) is 0 Å². The normalized spacial score (nSPS) is 23.4. The van der Waals surface area contributed by atoms with Crippen molar-refractivity contribution in [2.24, 2.45) is 5.41 Å². The second-order valence-corrected chi connectivity index (χ2v) is 5.86. The summed E-state index contributed by atoms with van der Waals surface area (Å²) in [6, 6.07) is 0.538. The Hall–Kier alpha value is -0.570. The van der Waals surface area contributed by atoms with E-state index in [1.54, 1.807) is 0 Å². The van der Waals surface area contributed by atoms with Crippen LogP contribution in [0.25, 0.3) is 0 Å². The fourth-order valence-electron chi connectivity index (χ4n) is 2.67. The van der Waals surface area contributed by atoms with Crippen LogP contribution in [0.4, 0.5) is 0 Å². The smallest absolute Gasteiger partial charge is 0.236 e. The van der Waals surface area contributed by atoms with Gasteiger partial charge in [0.25, 0.3) is 0 Å². The highest BCUT2D eigenvalue weighted by atomic mass is 16.2. The van der Waals surface area contributed by atoms with E-state index in [0.717, 1.165) is 6.54 Å². The van der Waals surface area contributed by atoms with E-state index in [1.807, 2.05) is 11.9 Å². The van der Waals surface area contributed by atoms with E-state index in [0.29, 0.717) is 18.0 Å². The van der Waals surface area contributed by atoms with Gasteiger partial charge in [-0.2, -0.15) is 0 Å². The molecule has 2 rings (SSSR count). The van der Waals surface area contributed by atoms with Crippen molar-refractivity contribution in [3.8, 4) is 0 Å². The summed E-state index contributed by atoms with van der Waals surface area (Å²) < 4.78 is 0. The molecule has 1 amide bonds. The van der Waals surface area contributed by atoms with Crippen LogP contribution < -0.4 is 5.32 Å². The molecule has 0 radical (unpaired) electrons. The molecular weight excluding hydrogens is 200 g/mol. The van der Waals surface area contributed by atoms with E-state index in [2.05, 4.69) is 12.2 Å². The van der Waals surface area contributed by atoms with Crippen molar-refractivity contribution in [3.63, 3.8) is 0 Å². The molecule has 0 aromatic rings. The molecule has 3 heteroatoms. The van der Waals surface area contributed by atoms with Gasteiger partial charge in [-0.25, -0.2) is 0 Å². The maximum absolute atomic E-state index is 11.8. The maximum Gasteiger partial charge on any atom is 0.236 e. The van der Waals surface area contributed by atoms with Crippen molar-refractivity contribution in [2.45, 2.75) is 51.5 Å². The third-order valence-electron chi connectivity index (χ3n) is 4.13. The van der Waals surface area contributed by atoms with Crippen LogP contribution in [-0.2, 0) is 4.79 Å². The first kappa shape index (κ1) is 11.9. The highest BCUT2D eigenvalue weighted by Gasteiger charge is 2.30. The molecule has 2 aliphatic rings. The molecule has 0 bridgehead atoms. The summed E-state index contributed by atoms with van der Waals surface area (Å²) in [5.74, 6) is 0.254. The van der Waals surface area contributed by atoms with Crippen LogP contribution in [-0.4, -0.2) is 37.0 Å². The average molecular weight is 224 g/mol. The Morgan fingerprint density at radius 3 is 2.56 bits per heavy atom. The molecule has 92 valence electrons. The molecule has 0 atom stereocenters. The van der Waals surface area contributed by atoms with E-state index in [1.165, 1.54) is 38.5 Å². The number of carbonyl (C=O) groups is 1. The van der Waals surface area contributed by atoms with Gasteiger partial charge in [0.1, 0.15) is 0 Å². The summed E-state index contributed by atoms with van der Waals surface area (Å²) in [5, 5.41) is 3.34. The second kappa shape index (κ2) is 4.74. The maximum atomic E-state index is 11.8. The Balaban J connectivity index is 1.65. The number of hydrogen-bond acceptors (Lipinski definition) is 2. The lowest BCUT2D eigenvalue weighted by Crippen LogP contribution is -2.40. The Bertz CT molecular complexity index is 255. The van der Waals surface area contributed by atoms with Gasteiger partial charge in [-0.3, -0.25) is 4.79 Å². The third kappa shape index (κ3) is 2.97. The molecule has 0 heterocycles. The molecule has 2 saturated carbocycles. The minimum atomic E-state index is 0.254. The van der Waals surface area contributed by atoms with Gasteiger partial charge in [-0.05, 0) is 31.1 Å². The van der Waals surface area contributed by atoms with Crippen molar-refractivity contribution in [1.29, 1.82) is 0 Å². The lowest BCUT2D eigenvalue weighted by atomic mass is 9.89. The van der Waals surface area contributed by atoms with Gasteiger partial charge in [0.2, 0.25) is 5.91 Å². The number of carbonyl (C=O) groups excluding carboxylic acids is 1. The highest BCUT2D eigenvalue weighted by Crippen LogP contribution is 2.36. The first-order valence-electron chi connectivity index (χ1n) is 6.57. The molecule has 2 fully saturated rings. The molecule has 0 unspecified atom stereocenters. The van der Waals surface area contributed by atoms with Crippen LogP contribution in [0.5, 0.6) is 0 Å². The Labute approximate surface area is 98.6 Å². The lowest BCUT2D eigenvalue weighted by Gasteiger charge is -2.24. The minimum absolute atomic E-state index is 0.254. The van der Waals surface area contributed by atoms with Gasteiger partial charge < -0.3 is 10.2 Å². The van der Waals surface area contributed by atoms with Crippen LogP contribution in [0.3, 0.4) is 0 Å². The first-order chi connectivity index (χ1) is 7.61. The molecule has 3 nitrogen and oxygen atoms in total. The zero-order chi connectivity index (χ0) is 11.6. The standard InChI is InChI=1S/C13H24N2O/c1-13(7-3-4-8-13)10-14-9-12(16)15(2)11-5-6-11/h11,14H,3-10H2,1-2H3. The molecule has 0 aromatic carbocycles. The molecule has 16 heavy (non-hydrogen) atoms. The van der Waals surface area contributed by atoms with E-state index in [-0.39, 0.29) is 5.91 Å². The summed E-state index contributed by atoms with van der Waals surface area (Å²) in [6.45, 7) is 3.85. The molecule has 1 N–H and O–H groups in total. The topological polar surface area (TPSA) is 32.3 Å². The quantitative estimate of drug-likeness (QED) is 0.772. The van der Waals surface area contributed by atoms with E-state index in [4.69, 9.17) is 0 Å². The summed E-state index contributed by atoms with van der Waals surface area (Å²) in [7, 11) is 1.93. The van der Waals surface area contributed by atoms with Crippen molar-refractivity contribution >= 4 is 5.91 Å². The third-order valence-corrected chi connectivity index (χ3v) is 4.13. The monoisotopic (exact) mass is 224 g/mol. The Morgan fingerprint density at radius 1 is 1.38 bits per heavy atom. The zero-order valence-corrected chi connectivity index (χ0v) is 10.6. The van der Waals surface area contributed by atoms with Crippen molar-refractivity contribution < 1.29 is 4.79 Å². The summed E-state index contributed by atoms with van der Waals surface area (Å²) in [4.78, 5) is 13.7. The predicted octanol–water partition coefficient (Wildman–Crippen LogP) is 1.78. The van der Waals surface area contributed by atoms with Gasteiger partial charge >= 0.3 is 0 Å². The molecular formula is C13H24N2O. The van der Waals surface area contributed by atoms with Gasteiger partial charge in [0.05, 0.1) is 6.54 Å². The predicted molar refractivity (Wildman–Crippen MR) is 65.2 cm³/mol. The molecule has 2 aliphatic carbocycles. The van der Waals surface area contributed by atoms with Crippen LogP contribution >= 0.6 is 0 Å². The van der Waals surface area contributed by atoms with Gasteiger partial charge in [0, 0.05) is 19.6 Å². The van der Waals surface area contributed by atoms with E-state index >= 15 is 0 Å². The molecule has 0 spiro atoms. The number of amides is 1. The van der Waals surface area contributed by atoms with E-state index < -0.39 is 0 Å². The summed E-state index contributed by atoms with van der Waals surface area (Å²) in [5.41, 5.74) is 0.443. The first-order valence-corrected chi connectivity index (χ1v) is 6.57. The minimum Gasteiger partial charge on any atom is -0.342 e. The van der Waals surface area contributed by atoms with Crippen molar-refractivity contribution in [1.82, 2.24) is 10.2 Å². The SMILES string of the molecule is CN(C(=O)CNCC1(C)CCCC1)C1CC1. The Kier molecular flexibility index (Phi) is 3.53. The largest absolute Gasteiger partial charge is 0.342 e. The lowest BCUT2D eigenvalue weighted by molar-refractivity contribution is -0.129. The second-order valence-electron chi connectivity index (χ2n) is 5.86. The Morgan fingerprint density at radius 2 is 2.00 bits per heavy atom. The molecule has 0 aromatic heterocycles. The number of nitrogens with one attached hydrogen (secondary N) is 1. The summed E-state index contributed by atoms with van der Waals surface area (Å²) in [6.07, 6.45) is 7.72. The number of likely N-dealkylation sites (N-methyl/N-ethyl adjacent to an activating group) is 1. The van der Waals surface area contributed by atoms with Crippen LogP contribution in [0, 0.1) is 5.41 Å². The van der Waals surface area contributed by atoms with Crippen LogP contribution in [0.1, 0.15) is 45.4 Å². The zero-order valence-electron chi connectivity index (χ0n) is 10.6. The van der Waals surface area contributed by atoms with Gasteiger partial charge in [0.15, 0.2) is 0 Å². The fraction of sp³-hybridized carbons (Fsp3) is 0.923. The number of rotatable bonds is 5. The van der Waals surface area contributed by atoms with E-state index in [9.17, 15) is 4.79 Å². The molecule has 0 saturated heterocycles. The number of hydrogen-bond donors (Lipinski definition) is 1. The van der Waals surface area contributed by atoms with Crippen LogP contribution in [0.15, 0.2) is 0 Å². The van der Waals surface area contributed by atoms with Crippen molar-refractivity contribution in [2.75, 3.05) is 20.1 Å². The van der Waals surface area contributed by atoms with Crippen molar-refractivity contribution in [3.05, 3.63) is 0 Å². The fourth-order valence-corrected chi connectivity index (χ4v) is 2.67. The molecule has 0 aliphatic heterocycles. The average Bonchev–Trinajstić information content (AvgIpc) is 3.01.